The number of likely N-dealkylation sites (tertiary alicyclic amines) is 1. The highest BCUT2D eigenvalue weighted by Crippen LogP contribution is 2.33. The summed E-state index contributed by atoms with van der Waals surface area (Å²) in [5, 5.41) is 8.27. The zero-order valence-corrected chi connectivity index (χ0v) is 16.8. The molecule has 1 amide bonds. The van der Waals surface area contributed by atoms with Crippen molar-refractivity contribution in [3.63, 3.8) is 0 Å². The number of benzene rings is 1. The van der Waals surface area contributed by atoms with E-state index in [1.807, 2.05) is 42.2 Å². The van der Waals surface area contributed by atoms with Gasteiger partial charge in [0.1, 0.15) is 17.2 Å². The molecule has 1 aliphatic heterocycles. The highest BCUT2D eigenvalue weighted by atomic mass is 16.5. The number of hydrogen-bond donors (Lipinski definition) is 0. The summed E-state index contributed by atoms with van der Waals surface area (Å²) in [5.74, 6) is 2.05. The van der Waals surface area contributed by atoms with E-state index in [0.29, 0.717) is 30.2 Å². The van der Waals surface area contributed by atoms with Gasteiger partial charge in [0.25, 0.3) is 5.91 Å². The lowest BCUT2D eigenvalue weighted by molar-refractivity contribution is 0.0663. The molecule has 0 aliphatic carbocycles. The van der Waals surface area contributed by atoms with E-state index in [2.05, 4.69) is 10.3 Å². The van der Waals surface area contributed by atoms with Crippen LogP contribution in [0.25, 0.3) is 11.3 Å². The molecule has 0 unspecified atom stereocenters. The molecular formula is C22H25N3O4. The minimum absolute atomic E-state index is 0.116. The summed E-state index contributed by atoms with van der Waals surface area (Å²) >= 11 is 0. The third-order valence-electron chi connectivity index (χ3n) is 5.38. The summed E-state index contributed by atoms with van der Waals surface area (Å²) in [5.41, 5.74) is 2.04. The Morgan fingerprint density at radius 2 is 1.97 bits per heavy atom. The van der Waals surface area contributed by atoms with Crippen LogP contribution in [-0.4, -0.2) is 34.8 Å². The van der Waals surface area contributed by atoms with Crippen LogP contribution in [0.4, 0.5) is 0 Å². The molecule has 0 saturated carbocycles. The van der Waals surface area contributed by atoms with Crippen molar-refractivity contribution in [2.24, 2.45) is 0 Å². The standard InChI is InChI=1S/C22H25N3O4/c1-3-16-13-19(24-28-16)22(26)25-12-6-4-5-7-20(25)18-14-21(29-23-18)15-8-10-17(27-2)11-9-15/h8-11,13-14,20H,3-7,12H2,1-2H3/t20-/m1/s1. The van der Waals surface area contributed by atoms with E-state index < -0.39 is 0 Å². The summed E-state index contributed by atoms with van der Waals surface area (Å²) in [7, 11) is 1.64. The first kappa shape index (κ1) is 19.2. The van der Waals surface area contributed by atoms with Gasteiger partial charge in [-0.15, -0.1) is 0 Å². The van der Waals surface area contributed by atoms with Gasteiger partial charge in [0.15, 0.2) is 11.5 Å². The fourth-order valence-electron chi connectivity index (χ4n) is 3.72. The second-order valence-electron chi connectivity index (χ2n) is 7.24. The molecule has 0 radical (unpaired) electrons. The molecule has 7 heteroatoms. The summed E-state index contributed by atoms with van der Waals surface area (Å²) in [6, 6.07) is 11.2. The molecule has 0 N–H and O–H groups in total. The van der Waals surface area contributed by atoms with Crippen LogP contribution in [0.15, 0.2) is 45.4 Å². The Hall–Kier alpha value is -3.09. The fraction of sp³-hybridized carbons (Fsp3) is 0.409. The van der Waals surface area contributed by atoms with Crippen molar-refractivity contribution < 1.29 is 18.6 Å². The SMILES string of the molecule is CCc1cc(C(=O)N2CCCCC[C@@H]2c2cc(-c3ccc(OC)cc3)on2)no1. The lowest BCUT2D eigenvalue weighted by Crippen LogP contribution is -2.35. The predicted octanol–water partition coefficient (Wildman–Crippen LogP) is 4.66. The van der Waals surface area contributed by atoms with E-state index in [1.54, 1.807) is 13.2 Å². The Bertz CT molecular complexity index is 961. The Balaban J connectivity index is 1.60. The number of aryl methyl sites for hydroxylation is 1. The molecule has 1 saturated heterocycles. The Morgan fingerprint density at radius 3 is 2.69 bits per heavy atom. The topological polar surface area (TPSA) is 81.6 Å². The van der Waals surface area contributed by atoms with E-state index >= 15 is 0 Å². The molecule has 7 nitrogen and oxygen atoms in total. The van der Waals surface area contributed by atoms with Crippen molar-refractivity contribution >= 4 is 5.91 Å². The number of ether oxygens (including phenoxy) is 1. The zero-order valence-electron chi connectivity index (χ0n) is 16.8. The Morgan fingerprint density at radius 1 is 1.14 bits per heavy atom. The summed E-state index contributed by atoms with van der Waals surface area (Å²) in [6.07, 6.45) is 4.64. The van der Waals surface area contributed by atoms with Crippen LogP contribution in [-0.2, 0) is 6.42 Å². The third kappa shape index (κ3) is 4.04. The van der Waals surface area contributed by atoms with Gasteiger partial charge < -0.3 is 18.7 Å². The van der Waals surface area contributed by atoms with Crippen LogP contribution in [0, 0.1) is 0 Å². The maximum absolute atomic E-state index is 13.1. The number of methoxy groups -OCH3 is 1. The number of amides is 1. The van der Waals surface area contributed by atoms with E-state index in [9.17, 15) is 4.79 Å². The summed E-state index contributed by atoms with van der Waals surface area (Å²) in [4.78, 5) is 15.0. The average Bonchev–Trinajstić information content (AvgIpc) is 3.38. The monoisotopic (exact) mass is 395 g/mol. The number of carbonyl (C=O) groups is 1. The number of nitrogens with zero attached hydrogens (tertiary/aromatic N) is 3. The predicted molar refractivity (Wildman–Crippen MR) is 107 cm³/mol. The van der Waals surface area contributed by atoms with Gasteiger partial charge >= 0.3 is 0 Å². The van der Waals surface area contributed by atoms with Crippen molar-refractivity contribution in [1.29, 1.82) is 0 Å². The molecule has 152 valence electrons. The lowest BCUT2D eigenvalue weighted by atomic mass is 10.0. The molecule has 2 aromatic heterocycles. The van der Waals surface area contributed by atoms with Crippen molar-refractivity contribution in [3.8, 4) is 17.1 Å². The number of rotatable bonds is 5. The highest BCUT2D eigenvalue weighted by Gasteiger charge is 2.31. The summed E-state index contributed by atoms with van der Waals surface area (Å²) < 4.78 is 16.1. The molecule has 1 atom stereocenters. The van der Waals surface area contributed by atoms with E-state index in [0.717, 1.165) is 42.7 Å². The van der Waals surface area contributed by atoms with Gasteiger partial charge in [-0.1, -0.05) is 30.1 Å². The Labute approximate surface area is 169 Å². The largest absolute Gasteiger partial charge is 0.497 e. The normalized spacial score (nSPS) is 17.2. The van der Waals surface area contributed by atoms with Gasteiger partial charge in [-0.2, -0.15) is 0 Å². The molecule has 1 aromatic carbocycles. The molecular weight excluding hydrogens is 370 g/mol. The van der Waals surface area contributed by atoms with Gasteiger partial charge in [0.2, 0.25) is 0 Å². The van der Waals surface area contributed by atoms with Crippen LogP contribution in [0.3, 0.4) is 0 Å². The second kappa shape index (κ2) is 8.51. The van der Waals surface area contributed by atoms with Crippen molar-refractivity contribution in [1.82, 2.24) is 15.2 Å². The van der Waals surface area contributed by atoms with Crippen molar-refractivity contribution in [2.45, 2.75) is 45.1 Å². The van der Waals surface area contributed by atoms with Crippen LogP contribution >= 0.6 is 0 Å². The number of hydrogen-bond acceptors (Lipinski definition) is 6. The number of aromatic nitrogens is 2. The molecule has 1 fully saturated rings. The fourth-order valence-corrected chi connectivity index (χ4v) is 3.72. The molecule has 3 aromatic rings. The zero-order chi connectivity index (χ0) is 20.2. The second-order valence-corrected chi connectivity index (χ2v) is 7.24. The minimum atomic E-state index is -0.137. The maximum atomic E-state index is 13.1. The summed E-state index contributed by atoms with van der Waals surface area (Å²) in [6.45, 7) is 2.64. The highest BCUT2D eigenvalue weighted by molar-refractivity contribution is 5.92. The van der Waals surface area contributed by atoms with Gasteiger partial charge in [-0.3, -0.25) is 4.79 Å². The van der Waals surface area contributed by atoms with Crippen LogP contribution in [0.1, 0.15) is 60.6 Å². The first-order chi connectivity index (χ1) is 14.2. The van der Waals surface area contributed by atoms with E-state index in [-0.39, 0.29) is 11.9 Å². The lowest BCUT2D eigenvalue weighted by Gasteiger charge is -2.27. The molecule has 3 heterocycles. The van der Waals surface area contributed by atoms with Crippen LogP contribution in [0.2, 0.25) is 0 Å². The third-order valence-corrected chi connectivity index (χ3v) is 5.38. The molecule has 1 aliphatic rings. The first-order valence-electron chi connectivity index (χ1n) is 10.1. The van der Waals surface area contributed by atoms with Crippen LogP contribution < -0.4 is 4.74 Å². The molecule has 4 rings (SSSR count). The average molecular weight is 395 g/mol. The molecule has 0 spiro atoms. The number of carbonyl (C=O) groups excluding carboxylic acids is 1. The van der Waals surface area contributed by atoms with Crippen molar-refractivity contribution in [2.75, 3.05) is 13.7 Å². The van der Waals surface area contributed by atoms with Crippen molar-refractivity contribution in [3.05, 3.63) is 53.5 Å². The van der Waals surface area contributed by atoms with E-state index in [4.69, 9.17) is 13.8 Å². The molecule has 0 bridgehead atoms. The van der Waals surface area contributed by atoms with Gasteiger partial charge in [-0.25, -0.2) is 0 Å². The Kier molecular flexibility index (Phi) is 5.64. The van der Waals surface area contributed by atoms with Crippen LogP contribution in [0.5, 0.6) is 5.75 Å². The van der Waals surface area contributed by atoms with E-state index in [1.165, 1.54) is 0 Å². The van der Waals surface area contributed by atoms with Gasteiger partial charge in [-0.05, 0) is 37.1 Å². The van der Waals surface area contributed by atoms with Gasteiger partial charge in [0.05, 0.1) is 13.2 Å². The quantitative estimate of drug-likeness (QED) is 0.625. The van der Waals surface area contributed by atoms with Gasteiger partial charge in [0, 0.05) is 30.7 Å². The molecule has 29 heavy (non-hydrogen) atoms. The minimum Gasteiger partial charge on any atom is -0.497 e. The first-order valence-corrected chi connectivity index (χ1v) is 10.1. The smallest absolute Gasteiger partial charge is 0.276 e. The maximum Gasteiger partial charge on any atom is 0.276 e.